The number of aromatic nitrogens is 1. The summed E-state index contributed by atoms with van der Waals surface area (Å²) in [6.45, 7) is 0.403. The van der Waals surface area contributed by atoms with Gasteiger partial charge in [0.15, 0.2) is 0 Å². The molecule has 0 saturated carbocycles. The molecule has 0 fully saturated rings. The third-order valence-corrected chi connectivity index (χ3v) is 3.40. The summed E-state index contributed by atoms with van der Waals surface area (Å²) in [6, 6.07) is 20.7. The van der Waals surface area contributed by atoms with Gasteiger partial charge in [0, 0.05) is 16.7 Å². The minimum Gasteiger partial charge on any atom is -0.487 e. The molecule has 1 heterocycles. The van der Waals surface area contributed by atoms with E-state index in [0.29, 0.717) is 23.3 Å². The molecule has 0 radical (unpaired) electrons. The smallest absolute Gasteiger partial charge is 0.219 e. The highest BCUT2D eigenvalue weighted by Crippen LogP contribution is 2.22. The Morgan fingerprint density at radius 3 is 2.32 bits per heavy atom. The molecule has 0 aliphatic heterocycles. The van der Waals surface area contributed by atoms with Gasteiger partial charge in [-0.15, -0.1) is 0 Å². The van der Waals surface area contributed by atoms with Crippen molar-refractivity contribution >= 4 is 11.6 Å². The van der Waals surface area contributed by atoms with Crippen LogP contribution in [-0.2, 0) is 6.61 Å². The number of hydrogen-bond acceptors (Lipinski definition) is 3. The Kier molecular flexibility index (Phi) is 4.56. The first kappa shape index (κ1) is 14.4. The van der Waals surface area contributed by atoms with E-state index in [2.05, 4.69) is 4.98 Å². The Hall–Kier alpha value is -2.52. The summed E-state index contributed by atoms with van der Waals surface area (Å²) in [5.74, 6) is 1.94. The number of nitrogens with zero attached hydrogens (tertiary/aromatic N) is 1. The summed E-state index contributed by atoms with van der Waals surface area (Å²) in [4.78, 5) is 4.23. The molecular weight excluding hydrogens is 298 g/mol. The van der Waals surface area contributed by atoms with E-state index in [4.69, 9.17) is 21.1 Å². The summed E-state index contributed by atoms with van der Waals surface area (Å²) >= 11 is 6.09. The second-order valence-electron chi connectivity index (χ2n) is 4.63. The summed E-state index contributed by atoms with van der Waals surface area (Å²) in [6.07, 6.45) is 1.63. The molecule has 0 spiro atoms. The van der Waals surface area contributed by atoms with Crippen molar-refractivity contribution in [2.45, 2.75) is 6.61 Å². The quantitative estimate of drug-likeness (QED) is 0.656. The van der Waals surface area contributed by atoms with Crippen LogP contribution in [0.2, 0.25) is 5.02 Å². The molecule has 110 valence electrons. The molecule has 2 aromatic carbocycles. The van der Waals surface area contributed by atoms with Crippen molar-refractivity contribution < 1.29 is 9.47 Å². The van der Waals surface area contributed by atoms with Crippen molar-refractivity contribution in [3.05, 3.63) is 83.5 Å². The lowest BCUT2D eigenvalue weighted by atomic mass is 10.2. The normalized spacial score (nSPS) is 10.2. The van der Waals surface area contributed by atoms with E-state index in [1.54, 1.807) is 12.3 Å². The van der Waals surface area contributed by atoms with Crippen molar-refractivity contribution in [2.24, 2.45) is 0 Å². The predicted octanol–water partition coefficient (Wildman–Crippen LogP) is 5.11. The predicted molar refractivity (Wildman–Crippen MR) is 86.5 cm³/mol. The number of benzene rings is 2. The summed E-state index contributed by atoms with van der Waals surface area (Å²) in [7, 11) is 0. The van der Waals surface area contributed by atoms with Gasteiger partial charge >= 0.3 is 0 Å². The highest BCUT2D eigenvalue weighted by molar-refractivity contribution is 6.31. The molecule has 3 rings (SSSR count). The number of rotatable bonds is 5. The maximum atomic E-state index is 6.09. The first-order valence-corrected chi connectivity index (χ1v) is 7.24. The lowest BCUT2D eigenvalue weighted by Crippen LogP contribution is -1.97. The fourth-order valence-electron chi connectivity index (χ4n) is 1.90. The number of ether oxygens (including phenoxy) is 2. The monoisotopic (exact) mass is 311 g/mol. The zero-order valence-corrected chi connectivity index (χ0v) is 12.5. The van der Waals surface area contributed by atoms with Crippen molar-refractivity contribution in [2.75, 3.05) is 0 Å². The van der Waals surface area contributed by atoms with Gasteiger partial charge in [0.25, 0.3) is 0 Å². The van der Waals surface area contributed by atoms with Gasteiger partial charge in [0.05, 0.1) is 6.20 Å². The Morgan fingerprint density at radius 1 is 0.818 bits per heavy atom. The fraction of sp³-hybridized carbons (Fsp3) is 0.0556. The SMILES string of the molecule is Clc1ccccc1COc1ccc(Oc2ccccc2)nc1. The van der Waals surface area contributed by atoms with Gasteiger partial charge in [-0.25, -0.2) is 4.98 Å². The van der Waals surface area contributed by atoms with Crippen LogP contribution in [0.4, 0.5) is 0 Å². The zero-order valence-electron chi connectivity index (χ0n) is 11.8. The van der Waals surface area contributed by atoms with Crippen LogP contribution in [0, 0.1) is 0 Å². The number of para-hydroxylation sites is 1. The molecule has 0 atom stereocenters. The van der Waals surface area contributed by atoms with E-state index in [1.807, 2.05) is 60.7 Å². The van der Waals surface area contributed by atoms with Crippen molar-refractivity contribution in [3.8, 4) is 17.4 Å². The molecular formula is C18H14ClNO2. The van der Waals surface area contributed by atoms with Gasteiger partial charge < -0.3 is 9.47 Å². The molecule has 0 amide bonds. The number of hydrogen-bond donors (Lipinski definition) is 0. The first-order valence-electron chi connectivity index (χ1n) is 6.86. The van der Waals surface area contributed by atoms with Crippen LogP contribution >= 0.6 is 11.6 Å². The molecule has 0 aliphatic carbocycles. The highest BCUT2D eigenvalue weighted by Gasteiger charge is 2.02. The Bertz CT molecular complexity index is 730. The van der Waals surface area contributed by atoms with E-state index in [-0.39, 0.29) is 0 Å². The largest absolute Gasteiger partial charge is 0.487 e. The molecule has 1 aromatic heterocycles. The lowest BCUT2D eigenvalue weighted by molar-refractivity contribution is 0.304. The van der Waals surface area contributed by atoms with Crippen molar-refractivity contribution in [3.63, 3.8) is 0 Å². The number of halogens is 1. The topological polar surface area (TPSA) is 31.4 Å². The zero-order chi connectivity index (χ0) is 15.2. The van der Waals surface area contributed by atoms with Gasteiger partial charge in [-0.1, -0.05) is 48.0 Å². The van der Waals surface area contributed by atoms with Gasteiger partial charge in [-0.3, -0.25) is 0 Å². The van der Waals surface area contributed by atoms with Crippen molar-refractivity contribution in [1.82, 2.24) is 4.98 Å². The van der Waals surface area contributed by atoms with Crippen LogP contribution in [0.25, 0.3) is 0 Å². The van der Waals surface area contributed by atoms with Crippen LogP contribution in [0.1, 0.15) is 5.56 Å². The lowest BCUT2D eigenvalue weighted by Gasteiger charge is -2.08. The van der Waals surface area contributed by atoms with Gasteiger partial charge in [0.1, 0.15) is 18.1 Å². The third-order valence-electron chi connectivity index (χ3n) is 3.03. The van der Waals surface area contributed by atoms with Gasteiger partial charge in [-0.2, -0.15) is 0 Å². The third kappa shape index (κ3) is 3.77. The van der Waals surface area contributed by atoms with Gasteiger partial charge in [-0.05, 0) is 24.3 Å². The Balaban J connectivity index is 1.61. The van der Waals surface area contributed by atoms with Crippen LogP contribution in [0.3, 0.4) is 0 Å². The van der Waals surface area contributed by atoms with E-state index < -0.39 is 0 Å². The summed E-state index contributed by atoms with van der Waals surface area (Å²) < 4.78 is 11.3. The molecule has 22 heavy (non-hydrogen) atoms. The average molecular weight is 312 g/mol. The fourth-order valence-corrected chi connectivity index (χ4v) is 2.09. The molecule has 0 aliphatic rings. The minimum atomic E-state index is 0.403. The summed E-state index contributed by atoms with van der Waals surface area (Å²) in [5.41, 5.74) is 0.939. The first-order chi connectivity index (χ1) is 10.8. The molecule has 3 nitrogen and oxygen atoms in total. The molecule has 0 bridgehead atoms. The average Bonchev–Trinajstić information content (AvgIpc) is 2.56. The Labute approximate surface area is 134 Å². The molecule has 0 saturated heterocycles. The molecule has 0 unspecified atom stereocenters. The molecule has 0 N–H and O–H groups in total. The Morgan fingerprint density at radius 2 is 1.59 bits per heavy atom. The van der Waals surface area contributed by atoms with Crippen LogP contribution in [0.15, 0.2) is 72.9 Å². The maximum absolute atomic E-state index is 6.09. The molecule has 4 heteroatoms. The summed E-state index contributed by atoms with van der Waals surface area (Å²) in [5, 5.41) is 0.694. The maximum Gasteiger partial charge on any atom is 0.219 e. The minimum absolute atomic E-state index is 0.403. The highest BCUT2D eigenvalue weighted by atomic mass is 35.5. The second kappa shape index (κ2) is 6.96. The standard InChI is InChI=1S/C18H14ClNO2/c19-17-9-5-4-6-14(17)13-21-16-10-11-18(20-12-16)22-15-7-2-1-3-8-15/h1-12H,13H2. The van der Waals surface area contributed by atoms with E-state index in [9.17, 15) is 0 Å². The van der Waals surface area contributed by atoms with Crippen molar-refractivity contribution in [1.29, 1.82) is 0 Å². The van der Waals surface area contributed by atoms with E-state index in [0.717, 1.165) is 11.3 Å². The molecule has 3 aromatic rings. The second-order valence-corrected chi connectivity index (χ2v) is 5.03. The van der Waals surface area contributed by atoms with E-state index >= 15 is 0 Å². The van der Waals surface area contributed by atoms with Crippen LogP contribution in [0.5, 0.6) is 17.4 Å². The van der Waals surface area contributed by atoms with E-state index in [1.165, 1.54) is 0 Å². The number of pyridine rings is 1. The van der Waals surface area contributed by atoms with Crippen LogP contribution < -0.4 is 9.47 Å². The van der Waals surface area contributed by atoms with Crippen LogP contribution in [-0.4, -0.2) is 4.98 Å². The van der Waals surface area contributed by atoms with Gasteiger partial charge in [0.2, 0.25) is 5.88 Å².